The molecule has 1 N–H and O–H groups in total. The third kappa shape index (κ3) is 1.47. The van der Waals surface area contributed by atoms with E-state index >= 15 is 0 Å². The Bertz CT molecular complexity index is 561. The number of aromatic nitrogens is 2. The zero-order valence-corrected chi connectivity index (χ0v) is 7.58. The summed E-state index contributed by atoms with van der Waals surface area (Å²) < 4.78 is 37.5. The summed E-state index contributed by atoms with van der Waals surface area (Å²) in [5, 5.41) is 10.5. The molecule has 16 heavy (non-hydrogen) atoms. The molecule has 0 spiro atoms. The highest BCUT2D eigenvalue weighted by atomic mass is 19.4. The number of nitrogens with one attached hydrogen (secondary N) is 1. The van der Waals surface area contributed by atoms with Crippen LogP contribution in [0, 0.1) is 10.1 Å². The second kappa shape index (κ2) is 3.19. The van der Waals surface area contributed by atoms with Crippen molar-refractivity contribution in [2.45, 2.75) is 6.18 Å². The SMILES string of the molecule is O=[N+]([O-])c1c(C(F)(F)F)[nH]c2cnccc12. The van der Waals surface area contributed by atoms with E-state index in [9.17, 15) is 23.3 Å². The van der Waals surface area contributed by atoms with Crippen LogP contribution in [0.2, 0.25) is 0 Å². The predicted molar refractivity (Wildman–Crippen MR) is 47.8 cm³/mol. The standard InChI is InChI=1S/C8H4F3N3O2/c9-8(10,11)7-6(14(15)16)4-1-2-12-3-5(4)13-7/h1-3,13H. The predicted octanol–water partition coefficient (Wildman–Crippen LogP) is 2.49. The van der Waals surface area contributed by atoms with E-state index in [2.05, 4.69) is 4.98 Å². The van der Waals surface area contributed by atoms with Crippen LogP contribution in [-0.2, 0) is 6.18 Å². The van der Waals surface area contributed by atoms with Gasteiger partial charge in [0.05, 0.1) is 22.0 Å². The van der Waals surface area contributed by atoms with Gasteiger partial charge in [0, 0.05) is 6.20 Å². The van der Waals surface area contributed by atoms with Gasteiger partial charge in [0.25, 0.3) is 0 Å². The quantitative estimate of drug-likeness (QED) is 0.605. The van der Waals surface area contributed by atoms with Gasteiger partial charge in [-0.3, -0.25) is 15.1 Å². The van der Waals surface area contributed by atoms with Gasteiger partial charge in [-0.05, 0) is 6.07 Å². The number of alkyl halides is 3. The van der Waals surface area contributed by atoms with Crippen molar-refractivity contribution in [2.24, 2.45) is 0 Å². The van der Waals surface area contributed by atoms with Crippen LogP contribution < -0.4 is 0 Å². The molecule has 0 aliphatic rings. The Morgan fingerprint density at radius 3 is 2.69 bits per heavy atom. The van der Waals surface area contributed by atoms with Crippen molar-refractivity contribution in [1.82, 2.24) is 9.97 Å². The Morgan fingerprint density at radius 1 is 1.44 bits per heavy atom. The van der Waals surface area contributed by atoms with E-state index in [0.717, 1.165) is 6.20 Å². The molecule has 0 saturated heterocycles. The minimum Gasteiger partial charge on any atom is -0.344 e. The monoisotopic (exact) mass is 231 g/mol. The summed E-state index contributed by atoms with van der Waals surface area (Å²) in [5.41, 5.74) is -2.34. The van der Waals surface area contributed by atoms with E-state index < -0.39 is 22.5 Å². The molecule has 0 fully saturated rings. The first kappa shape index (κ1) is 10.4. The molecule has 0 saturated carbocycles. The molecule has 2 rings (SSSR count). The minimum atomic E-state index is -4.79. The number of H-pyrrole nitrogens is 1. The Kier molecular flexibility index (Phi) is 2.07. The lowest BCUT2D eigenvalue weighted by atomic mass is 10.2. The molecule has 0 atom stereocenters. The van der Waals surface area contributed by atoms with Crippen LogP contribution in [0.4, 0.5) is 18.9 Å². The van der Waals surface area contributed by atoms with Gasteiger partial charge >= 0.3 is 11.9 Å². The smallest absolute Gasteiger partial charge is 0.344 e. The third-order valence-corrected chi connectivity index (χ3v) is 2.04. The van der Waals surface area contributed by atoms with Gasteiger partial charge in [-0.15, -0.1) is 0 Å². The molecule has 84 valence electrons. The van der Waals surface area contributed by atoms with Crippen LogP contribution in [-0.4, -0.2) is 14.9 Å². The number of fused-ring (bicyclic) bond motifs is 1. The van der Waals surface area contributed by atoms with Crippen molar-refractivity contribution in [1.29, 1.82) is 0 Å². The largest absolute Gasteiger partial charge is 0.438 e. The molecule has 0 aliphatic carbocycles. The summed E-state index contributed by atoms with van der Waals surface area (Å²) in [4.78, 5) is 15.1. The van der Waals surface area contributed by atoms with Crippen molar-refractivity contribution >= 4 is 16.6 Å². The van der Waals surface area contributed by atoms with E-state index in [4.69, 9.17) is 0 Å². The number of nitrogens with zero attached hydrogens (tertiary/aromatic N) is 2. The zero-order chi connectivity index (χ0) is 11.9. The van der Waals surface area contributed by atoms with Gasteiger partial charge in [0.15, 0.2) is 5.69 Å². The van der Waals surface area contributed by atoms with Gasteiger partial charge in [-0.2, -0.15) is 13.2 Å². The number of rotatable bonds is 1. The first-order chi connectivity index (χ1) is 7.41. The molecular weight excluding hydrogens is 227 g/mol. The van der Waals surface area contributed by atoms with Crippen LogP contribution in [0.15, 0.2) is 18.5 Å². The number of pyridine rings is 1. The molecule has 0 bridgehead atoms. The maximum atomic E-state index is 12.5. The van der Waals surface area contributed by atoms with E-state index in [0.29, 0.717) is 0 Å². The van der Waals surface area contributed by atoms with E-state index in [1.54, 1.807) is 0 Å². The highest BCUT2D eigenvalue weighted by molar-refractivity contribution is 5.90. The molecule has 0 aromatic carbocycles. The molecule has 8 heteroatoms. The third-order valence-electron chi connectivity index (χ3n) is 2.04. The van der Waals surface area contributed by atoms with Crippen LogP contribution in [0.1, 0.15) is 5.69 Å². The zero-order valence-electron chi connectivity index (χ0n) is 7.58. The van der Waals surface area contributed by atoms with Crippen LogP contribution >= 0.6 is 0 Å². The van der Waals surface area contributed by atoms with E-state index in [1.165, 1.54) is 12.3 Å². The van der Waals surface area contributed by atoms with Gasteiger partial charge < -0.3 is 4.98 Å². The van der Waals surface area contributed by atoms with E-state index in [-0.39, 0.29) is 10.9 Å². The van der Waals surface area contributed by atoms with Crippen molar-refractivity contribution < 1.29 is 18.1 Å². The average molecular weight is 231 g/mol. The fourth-order valence-corrected chi connectivity index (χ4v) is 1.42. The number of aromatic amines is 1. The normalized spacial score (nSPS) is 11.9. The second-order valence-electron chi connectivity index (χ2n) is 3.02. The minimum absolute atomic E-state index is 0.0125. The highest BCUT2D eigenvalue weighted by Gasteiger charge is 2.41. The van der Waals surface area contributed by atoms with Gasteiger partial charge in [-0.1, -0.05) is 0 Å². The summed E-state index contributed by atoms with van der Waals surface area (Å²) in [5.74, 6) is 0. The van der Waals surface area contributed by atoms with Gasteiger partial charge in [0.1, 0.15) is 0 Å². The number of nitro groups is 1. The molecule has 0 amide bonds. The molecule has 0 aliphatic heterocycles. The van der Waals surface area contributed by atoms with Gasteiger partial charge in [-0.25, -0.2) is 0 Å². The van der Waals surface area contributed by atoms with Crippen LogP contribution in [0.3, 0.4) is 0 Å². The molecule has 2 aromatic rings. The highest BCUT2D eigenvalue weighted by Crippen LogP contribution is 2.39. The van der Waals surface area contributed by atoms with Crippen molar-refractivity contribution in [3.05, 3.63) is 34.3 Å². The first-order valence-electron chi connectivity index (χ1n) is 4.08. The summed E-state index contributed by atoms with van der Waals surface area (Å²) in [7, 11) is 0. The Labute approximate surface area is 86.1 Å². The molecular formula is C8H4F3N3O2. The van der Waals surface area contributed by atoms with Crippen LogP contribution in [0.25, 0.3) is 10.9 Å². The molecule has 2 heterocycles. The Balaban J connectivity index is 2.84. The van der Waals surface area contributed by atoms with Gasteiger partial charge in [0.2, 0.25) is 0 Å². The average Bonchev–Trinajstić information content (AvgIpc) is 2.55. The summed E-state index contributed by atoms with van der Waals surface area (Å²) in [6, 6.07) is 1.17. The van der Waals surface area contributed by atoms with Crippen molar-refractivity contribution in [3.63, 3.8) is 0 Å². The number of hydrogen-bond acceptors (Lipinski definition) is 3. The summed E-state index contributed by atoms with van der Waals surface area (Å²) in [6.07, 6.45) is -2.48. The first-order valence-corrected chi connectivity index (χ1v) is 4.08. The summed E-state index contributed by atoms with van der Waals surface area (Å²) in [6.45, 7) is 0. The molecule has 5 nitrogen and oxygen atoms in total. The lowest BCUT2D eigenvalue weighted by molar-refractivity contribution is -0.386. The molecule has 0 unspecified atom stereocenters. The van der Waals surface area contributed by atoms with Crippen LogP contribution in [0.5, 0.6) is 0 Å². The lowest BCUT2D eigenvalue weighted by Gasteiger charge is -2.01. The summed E-state index contributed by atoms with van der Waals surface area (Å²) >= 11 is 0. The van der Waals surface area contributed by atoms with E-state index in [1.807, 2.05) is 4.98 Å². The Hall–Kier alpha value is -2.12. The van der Waals surface area contributed by atoms with Crippen molar-refractivity contribution in [2.75, 3.05) is 0 Å². The maximum absolute atomic E-state index is 12.5. The molecule has 0 radical (unpaired) electrons. The second-order valence-corrected chi connectivity index (χ2v) is 3.02. The fourth-order valence-electron chi connectivity index (χ4n) is 1.42. The molecule has 2 aromatic heterocycles. The number of halogens is 3. The lowest BCUT2D eigenvalue weighted by Crippen LogP contribution is -2.08. The number of hydrogen-bond donors (Lipinski definition) is 1. The topological polar surface area (TPSA) is 71.8 Å². The van der Waals surface area contributed by atoms with Crippen molar-refractivity contribution in [3.8, 4) is 0 Å². The Morgan fingerprint density at radius 2 is 2.12 bits per heavy atom. The maximum Gasteiger partial charge on any atom is 0.438 e. The fraction of sp³-hybridized carbons (Fsp3) is 0.125.